The van der Waals surface area contributed by atoms with Gasteiger partial charge in [0, 0.05) is 6.54 Å². The number of halogens is 1. The minimum Gasteiger partial charge on any atom is -0.355 e. The van der Waals surface area contributed by atoms with Crippen LogP contribution in [0.15, 0.2) is 0 Å². The van der Waals surface area contributed by atoms with Crippen LogP contribution in [0.1, 0.15) is 27.7 Å². The molecule has 1 atom stereocenters. The van der Waals surface area contributed by atoms with Crippen LogP contribution in [-0.4, -0.2) is 17.8 Å². The van der Waals surface area contributed by atoms with Gasteiger partial charge in [-0.2, -0.15) is 0 Å². The van der Waals surface area contributed by atoms with Crippen molar-refractivity contribution in [2.24, 2.45) is 0 Å². The molecule has 0 heterocycles. The molecule has 0 aromatic carbocycles. The second kappa shape index (κ2) is 8.76. The zero-order valence-corrected chi connectivity index (χ0v) is 7.83. The van der Waals surface area contributed by atoms with Crippen molar-refractivity contribution in [1.29, 1.82) is 0 Å². The number of alkyl halides is 1. The van der Waals surface area contributed by atoms with Crippen molar-refractivity contribution in [2.75, 3.05) is 6.54 Å². The molecule has 3 heteroatoms. The van der Waals surface area contributed by atoms with E-state index in [1.54, 1.807) is 6.92 Å². The third-order valence-electron chi connectivity index (χ3n) is 0.712. The molecule has 0 aliphatic carbocycles. The first-order valence-corrected chi connectivity index (χ1v) is 4.04. The van der Waals surface area contributed by atoms with Crippen LogP contribution in [0.2, 0.25) is 0 Å². The largest absolute Gasteiger partial charge is 0.355 e. The lowest BCUT2D eigenvalue weighted by Gasteiger charge is -2.00. The van der Waals surface area contributed by atoms with E-state index in [-0.39, 0.29) is 5.91 Å². The molecule has 0 spiro atoms. The maximum atomic E-state index is 10.5. The van der Waals surface area contributed by atoms with Crippen LogP contribution in [0.4, 0.5) is 0 Å². The molecule has 0 aliphatic heterocycles. The summed E-state index contributed by atoms with van der Waals surface area (Å²) < 4.78 is 0. The van der Waals surface area contributed by atoms with Gasteiger partial charge in [0.25, 0.3) is 0 Å². The van der Waals surface area contributed by atoms with Gasteiger partial charge in [-0.25, -0.2) is 0 Å². The highest BCUT2D eigenvalue weighted by molar-refractivity contribution is 6.30. The maximum absolute atomic E-state index is 10.5. The summed E-state index contributed by atoms with van der Waals surface area (Å²) in [5.74, 6) is -0.103. The zero-order chi connectivity index (χ0) is 8.57. The fourth-order valence-corrected chi connectivity index (χ4v) is 0.392. The Morgan fingerprint density at radius 2 is 2.00 bits per heavy atom. The van der Waals surface area contributed by atoms with Crippen LogP contribution in [-0.2, 0) is 4.79 Å². The highest BCUT2D eigenvalue weighted by Crippen LogP contribution is 1.90. The summed E-state index contributed by atoms with van der Waals surface area (Å²) in [5, 5.41) is 2.17. The number of nitrogens with one attached hydrogen (secondary N) is 1. The lowest BCUT2D eigenvalue weighted by atomic mass is 10.4. The summed E-state index contributed by atoms with van der Waals surface area (Å²) in [4.78, 5) is 10.5. The average Bonchev–Trinajstić information content (AvgIpc) is 1.93. The Morgan fingerprint density at radius 3 is 2.10 bits per heavy atom. The van der Waals surface area contributed by atoms with Crippen LogP contribution < -0.4 is 5.32 Å². The molecule has 1 N–H and O–H groups in total. The van der Waals surface area contributed by atoms with Crippen molar-refractivity contribution in [3.05, 3.63) is 0 Å². The van der Waals surface area contributed by atoms with Crippen molar-refractivity contribution >= 4 is 17.5 Å². The molecule has 1 amide bonds. The minimum absolute atomic E-state index is 0.103. The van der Waals surface area contributed by atoms with Crippen molar-refractivity contribution in [2.45, 2.75) is 33.1 Å². The van der Waals surface area contributed by atoms with Crippen molar-refractivity contribution in [3.63, 3.8) is 0 Å². The smallest absolute Gasteiger partial charge is 0.237 e. The van der Waals surface area contributed by atoms with Crippen molar-refractivity contribution in [1.82, 2.24) is 5.32 Å². The molecule has 0 fully saturated rings. The van der Waals surface area contributed by atoms with E-state index in [4.69, 9.17) is 11.6 Å². The van der Waals surface area contributed by atoms with E-state index in [9.17, 15) is 4.79 Å². The number of hydrogen-bond donors (Lipinski definition) is 1. The van der Waals surface area contributed by atoms with Crippen LogP contribution in [0, 0.1) is 0 Å². The molecule has 0 saturated heterocycles. The summed E-state index contributed by atoms with van der Waals surface area (Å²) in [5.41, 5.74) is 0. The molecule has 10 heavy (non-hydrogen) atoms. The maximum Gasteiger partial charge on any atom is 0.237 e. The first-order valence-electron chi connectivity index (χ1n) is 3.60. The second-order valence-corrected chi connectivity index (χ2v) is 2.17. The van der Waals surface area contributed by atoms with E-state index in [1.165, 1.54) is 0 Å². The molecule has 62 valence electrons. The lowest BCUT2D eigenvalue weighted by molar-refractivity contribution is -0.120. The standard InChI is InChI=1S/C5H10ClNO.C2H6/c1-3-7-5(8)4(2)6;1-2/h4H,3H2,1-2H3,(H,7,8);1-2H3. The van der Waals surface area contributed by atoms with Gasteiger partial charge < -0.3 is 5.32 Å². The predicted octanol–water partition coefficient (Wildman–Crippen LogP) is 1.78. The molecule has 1 unspecified atom stereocenters. The number of hydrogen-bond acceptors (Lipinski definition) is 1. The number of rotatable bonds is 2. The van der Waals surface area contributed by atoms with Gasteiger partial charge in [0.2, 0.25) is 5.91 Å². The van der Waals surface area contributed by atoms with E-state index >= 15 is 0 Å². The Bertz CT molecular complexity index is 83.7. The summed E-state index contributed by atoms with van der Waals surface area (Å²) in [6.07, 6.45) is 0. The van der Waals surface area contributed by atoms with Gasteiger partial charge in [-0.15, -0.1) is 11.6 Å². The lowest BCUT2D eigenvalue weighted by Crippen LogP contribution is -2.28. The van der Waals surface area contributed by atoms with Crippen LogP contribution >= 0.6 is 11.6 Å². The third kappa shape index (κ3) is 7.76. The van der Waals surface area contributed by atoms with Crippen molar-refractivity contribution < 1.29 is 4.79 Å². The first-order chi connectivity index (χ1) is 4.68. The molecule has 0 rings (SSSR count). The van der Waals surface area contributed by atoms with E-state index in [0.29, 0.717) is 6.54 Å². The highest BCUT2D eigenvalue weighted by atomic mass is 35.5. The second-order valence-electron chi connectivity index (χ2n) is 1.51. The van der Waals surface area contributed by atoms with Crippen LogP contribution in [0.3, 0.4) is 0 Å². The first kappa shape index (κ1) is 12.4. The SMILES string of the molecule is CC.CCNC(=O)C(C)Cl. The molecule has 0 saturated carbocycles. The summed E-state index contributed by atoms with van der Waals surface area (Å²) in [6.45, 7) is 8.15. The van der Waals surface area contributed by atoms with E-state index in [0.717, 1.165) is 0 Å². The van der Waals surface area contributed by atoms with E-state index < -0.39 is 5.38 Å². The van der Waals surface area contributed by atoms with Gasteiger partial charge in [0.1, 0.15) is 5.38 Å². The Balaban J connectivity index is 0. The predicted molar refractivity (Wildman–Crippen MR) is 45.3 cm³/mol. The quantitative estimate of drug-likeness (QED) is 0.621. The van der Waals surface area contributed by atoms with Crippen molar-refractivity contribution in [3.8, 4) is 0 Å². The summed E-state index contributed by atoms with van der Waals surface area (Å²) in [7, 11) is 0. The summed E-state index contributed by atoms with van der Waals surface area (Å²) >= 11 is 5.39. The monoisotopic (exact) mass is 165 g/mol. The zero-order valence-electron chi connectivity index (χ0n) is 7.07. The van der Waals surface area contributed by atoms with Gasteiger partial charge in [0.15, 0.2) is 0 Å². The van der Waals surface area contributed by atoms with E-state index in [2.05, 4.69) is 5.32 Å². The van der Waals surface area contributed by atoms with Crippen LogP contribution in [0.25, 0.3) is 0 Å². The van der Waals surface area contributed by atoms with Crippen LogP contribution in [0.5, 0.6) is 0 Å². The molecule has 0 aliphatic rings. The van der Waals surface area contributed by atoms with E-state index in [1.807, 2.05) is 20.8 Å². The molecule has 0 aromatic heterocycles. The molecule has 0 aromatic rings. The van der Waals surface area contributed by atoms with Gasteiger partial charge in [-0.3, -0.25) is 4.79 Å². The Morgan fingerprint density at radius 1 is 1.60 bits per heavy atom. The number of carbonyl (C=O) groups excluding carboxylic acids is 1. The molecule has 0 bridgehead atoms. The third-order valence-corrected chi connectivity index (χ3v) is 0.910. The normalized spacial score (nSPS) is 10.9. The molecule has 0 radical (unpaired) electrons. The molecular formula is C7H16ClNO. The van der Waals surface area contributed by atoms with Gasteiger partial charge in [-0.1, -0.05) is 13.8 Å². The fourth-order valence-electron chi connectivity index (χ4n) is 0.315. The topological polar surface area (TPSA) is 29.1 Å². The summed E-state index contributed by atoms with van der Waals surface area (Å²) in [6, 6.07) is 0. The highest BCUT2D eigenvalue weighted by Gasteiger charge is 2.04. The van der Waals surface area contributed by atoms with Gasteiger partial charge in [-0.05, 0) is 13.8 Å². The Labute approximate surface area is 67.9 Å². The fraction of sp³-hybridized carbons (Fsp3) is 0.857. The van der Waals surface area contributed by atoms with Gasteiger partial charge >= 0.3 is 0 Å². The number of carbonyl (C=O) groups is 1. The van der Waals surface area contributed by atoms with Gasteiger partial charge in [0.05, 0.1) is 0 Å². The molecule has 2 nitrogen and oxygen atoms in total. The number of amides is 1. The Hall–Kier alpha value is -0.240. The molecular weight excluding hydrogens is 150 g/mol. The minimum atomic E-state index is -0.407. The average molecular weight is 166 g/mol. The Kier molecular flexibility index (Phi) is 10.9.